The van der Waals surface area contributed by atoms with Crippen LogP contribution in [0.25, 0.3) is 6.08 Å². The predicted molar refractivity (Wildman–Crippen MR) is 69.0 cm³/mol. The van der Waals surface area contributed by atoms with Crippen molar-refractivity contribution in [2.45, 2.75) is 12.5 Å². The second kappa shape index (κ2) is 6.61. The Morgan fingerprint density at radius 2 is 2.32 bits per heavy atom. The van der Waals surface area contributed by atoms with E-state index in [9.17, 15) is 9.90 Å². The molecule has 2 rings (SSSR count). The Hall–Kier alpha value is -2.27. The van der Waals surface area contributed by atoms with Crippen molar-refractivity contribution in [3.8, 4) is 0 Å². The lowest BCUT2D eigenvalue weighted by atomic mass is 10.1. The Balaban J connectivity index is 1.69. The maximum atomic E-state index is 11.5. The molecule has 0 spiro atoms. The van der Waals surface area contributed by atoms with E-state index in [4.69, 9.17) is 8.83 Å². The summed E-state index contributed by atoms with van der Waals surface area (Å²) < 4.78 is 9.93. The van der Waals surface area contributed by atoms with Gasteiger partial charge in [-0.05, 0) is 30.7 Å². The SMILES string of the molecule is O=C(/C=C/c1ccco1)NCC[C@H](O)c1ccoc1. The van der Waals surface area contributed by atoms with Gasteiger partial charge in [0.25, 0.3) is 0 Å². The number of hydrogen-bond donors (Lipinski definition) is 2. The number of nitrogens with one attached hydrogen (secondary N) is 1. The highest BCUT2D eigenvalue weighted by atomic mass is 16.3. The minimum Gasteiger partial charge on any atom is -0.472 e. The van der Waals surface area contributed by atoms with Gasteiger partial charge in [0.15, 0.2) is 0 Å². The Bertz CT molecular complexity index is 514. The number of rotatable bonds is 6. The third kappa shape index (κ3) is 4.15. The van der Waals surface area contributed by atoms with Gasteiger partial charge < -0.3 is 19.3 Å². The molecular weight excluding hydrogens is 246 g/mol. The largest absolute Gasteiger partial charge is 0.472 e. The molecule has 0 aliphatic carbocycles. The van der Waals surface area contributed by atoms with Gasteiger partial charge in [-0.3, -0.25) is 4.79 Å². The minimum absolute atomic E-state index is 0.226. The van der Waals surface area contributed by atoms with Crippen LogP contribution in [0.5, 0.6) is 0 Å². The van der Waals surface area contributed by atoms with Gasteiger partial charge in [-0.25, -0.2) is 0 Å². The molecule has 2 heterocycles. The van der Waals surface area contributed by atoms with E-state index in [1.54, 1.807) is 30.5 Å². The highest BCUT2D eigenvalue weighted by molar-refractivity contribution is 5.91. The lowest BCUT2D eigenvalue weighted by Crippen LogP contribution is -2.23. The average Bonchev–Trinajstić information content (AvgIpc) is 3.09. The summed E-state index contributed by atoms with van der Waals surface area (Å²) in [6.07, 6.45) is 7.31. The van der Waals surface area contributed by atoms with Gasteiger partial charge in [0.05, 0.1) is 24.9 Å². The predicted octanol–water partition coefficient (Wildman–Crippen LogP) is 2.13. The molecule has 100 valence electrons. The van der Waals surface area contributed by atoms with Gasteiger partial charge in [0.1, 0.15) is 5.76 Å². The second-order valence-electron chi connectivity index (χ2n) is 4.00. The summed E-state index contributed by atoms with van der Waals surface area (Å²) in [5.74, 6) is 0.393. The smallest absolute Gasteiger partial charge is 0.244 e. The van der Waals surface area contributed by atoms with E-state index in [1.807, 2.05) is 0 Å². The van der Waals surface area contributed by atoms with Gasteiger partial charge in [-0.15, -0.1) is 0 Å². The number of carbonyl (C=O) groups excluding carboxylic acids is 1. The van der Waals surface area contributed by atoms with Crippen LogP contribution in [-0.4, -0.2) is 17.6 Å². The molecule has 0 radical (unpaired) electrons. The number of amides is 1. The molecule has 0 fully saturated rings. The van der Waals surface area contributed by atoms with Gasteiger partial charge in [-0.2, -0.15) is 0 Å². The molecule has 5 nitrogen and oxygen atoms in total. The van der Waals surface area contributed by atoms with E-state index in [1.165, 1.54) is 18.6 Å². The molecular formula is C14H15NO4. The maximum Gasteiger partial charge on any atom is 0.244 e. The van der Waals surface area contributed by atoms with Gasteiger partial charge in [-0.1, -0.05) is 0 Å². The van der Waals surface area contributed by atoms with Crippen LogP contribution in [0.15, 0.2) is 51.9 Å². The van der Waals surface area contributed by atoms with Crippen molar-refractivity contribution in [1.29, 1.82) is 0 Å². The standard InChI is InChI=1S/C14H15NO4/c16-13(11-6-9-18-10-11)5-7-15-14(17)4-3-12-2-1-8-19-12/h1-4,6,8-10,13,16H,5,7H2,(H,15,17)/b4-3+/t13-/m0/s1. The van der Waals surface area contributed by atoms with E-state index in [0.29, 0.717) is 24.3 Å². The lowest BCUT2D eigenvalue weighted by molar-refractivity contribution is -0.116. The fourth-order valence-corrected chi connectivity index (χ4v) is 1.57. The lowest BCUT2D eigenvalue weighted by Gasteiger charge is -2.07. The first-order chi connectivity index (χ1) is 9.25. The minimum atomic E-state index is -0.631. The van der Waals surface area contributed by atoms with Crippen LogP contribution in [0, 0.1) is 0 Å². The summed E-state index contributed by atoms with van der Waals surface area (Å²) in [7, 11) is 0. The Morgan fingerprint density at radius 1 is 1.42 bits per heavy atom. The van der Waals surface area contributed by atoms with Crippen LogP contribution in [0.3, 0.4) is 0 Å². The van der Waals surface area contributed by atoms with Crippen molar-refractivity contribution in [2.75, 3.05) is 6.54 Å². The van der Waals surface area contributed by atoms with Crippen molar-refractivity contribution < 1.29 is 18.7 Å². The maximum absolute atomic E-state index is 11.5. The third-order valence-electron chi connectivity index (χ3n) is 2.59. The summed E-state index contributed by atoms with van der Waals surface area (Å²) in [6.45, 7) is 0.383. The normalized spacial score (nSPS) is 12.7. The zero-order chi connectivity index (χ0) is 13.5. The zero-order valence-corrected chi connectivity index (χ0v) is 10.3. The molecule has 0 bridgehead atoms. The van der Waals surface area contributed by atoms with E-state index in [2.05, 4.69) is 5.32 Å². The number of hydrogen-bond acceptors (Lipinski definition) is 4. The molecule has 2 N–H and O–H groups in total. The van der Waals surface area contributed by atoms with E-state index in [0.717, 1.165) is 0 Å². The summed E-state index contributed by atoms with van der Waals surface area (Å²) in [6, 6.07) is 5.20. The van der Waals surface area contributed by atoms with Crippen LogP contribution >= 0.6 is 0 Å². The fraction of sp³-hybridized carbons (Fsp3) is 0.214. The monoisotopic (exact) mass is 261 g/mol. The molecule has 0 saturated carbocycles. The molecule has 0 unspecified atom stereocenters. The first kappa shape index (κ1) is 13.2. The topological polar surface area (TPSA) is 75.6 Å². The second-order valence-corrected chi connectivity index (χ2v) is 4.00. The molecule has 2 aromatic rings. The summed E-state index contributed by atoms with van der Waals surface area (Å²) in [5.41, 5.74) is 0.709. The Labute approximate surface area is 110 Å². The molecule has 0 aliphatic heterocycles. The molecule has 0 saturated heterocycles. The summed E-state index contributed by atoms with van der Waals surface area (Å²) >= 11 is 0. The van der Waals surface area contributed by atoms with Gasteiger partial charge in [0.2, 0.25) is 5.91 Å². The van der Waals surface area contributed by atoms with Crippen molar-refractivity contribution in [3.63, 3.8) is 0 Å². The van der Waals surface area contributed by atoms with E-state index < -0.39 is 6.10 Å². The van der Waals surface area contributed by atoms with Crippen molar-refractivity contribution >= 4 is 12.0 Å². The van der Waals surface area contributed by atoms with Gasteiger partial charge >= 0.3 is 0 Å². The van der Waals surface area contributed by atoms with Crippen LogP contribution in [-0.2, 0) is 4.79 Å². The highest BCUT2D eigenvalue weighted by Gasteiger charge is 2.08. The molecule has 2 aromatic heterocycles. The Morgan fingerprint density at radius 3 is 3.00 bits per heavy atom. The molecule has 0 aromatic carbocycles. The zero-order valence-electron chi connectivity index (χ0n) is 10.3. The number of aliphatic hydroxyl groups is 1. The van der Waals surface area contributed by atoms with Crippen LogP contribution < -0.4 is 5.32 Å². The Kier molecular flexibility index (Phi) is 4.58. The van der Waals surface area contributed by atoms with Crippen LogP contribution in [0.1, 0.15) is 23.8 Å². The van der Waals surface area contributed by atoms with Crippen molar-refractivity contribution in [2.24, 2.45) is 0 Å². The number of furan rings is 2. The van der Waals surface area contributed by atoms with Crippen molar-refractivity contribution in [3.05, 3.63) is 54.4 Å². The van der Waals surface area contributed by atoms with E-state index >= 15 is 0 Å². The van der Waals surface area contributed by atoms with Gasteiger partial charge in [0, 0.05) is 18.2 Å². The molecule has 0 aliphatic rings. The number of aliphatic hydroxyl groups excluding tert-OH is 1. The fourth-order valence-electron chi connectivity index (χ4n) is 1.57. The summed E-state index contributed by atoms with van der Waals surface area (Å²) in [4.78, 5) is 11.5. The molecule has 5 heteroatoms. The highest BCUT2D eigenvalue weighted by Crippen LogP contribution is 2.15. The van der Waals surface area contributed by atoms with E-state index in [-0.39, 0.29) is 5.91 Å². The quantitative estimate of drug-likeness (QED) is 0.781. The third-order valence-corrected chi connectivity index (χ3v) is 2.59. The summed E-state index contributed by atoms with van der Waals surface area (Å²) in [5, 5.41) is 12.4. The molecule has 1 atom stereocenters. The first-order valence-corrected chi connectivity index (χ1v) is 5.95. The van der Waals surface area contributed by atoms with Crippen LogP contribution in [0.4, 0.5) is 0 Å². The van der Waals surface area contributed by atoms with Crippen LogP contribution in [0.2, 0.25) is 0 Å². The number of carbonyl (C=O) groups is 1. The molecule has 19 heavy (non-hydrogen) atoms. The molecule has 1 amide bonds. The van der Waals surface area contributed by atoms with Crippen molar-refractivity contribution in [1.82, 2.24) is 5.32 Å². The average molecular weight is 261 g/mol. The first-order valence-electron chi connectivity index (χ1n) is 5.95.